The minimum atomic E-state index is -0.577. The first-order valence-corrected chi connectivity index (χ1v) is 5.44. The second-order valence-electron chi connectivity index (χ2n) is 3.55. The molecule has 1 unspecified atom stereocenters. The van der Waals surface area contributed by atoms with E-state index in [4.69, 9.17) is 0 Å². The van der Waals surface area contributed by atoms with Crippen LogP contribution in [0.1, 0.15) is 46.0 Å². The van der Waals surface area contributed by atoms with E-state index in [0.29, 0.717) is 0 Å². The molecular formula is C11H18N2O2. The van der Waals surface area contributed by atoms with Crippen LogP contribution in [-0.2, 0) is 9.59 Å². The van der Waals surface area contributed by atoms with Gasteiger partial charge in [-0.2, -0.15) is 9.98 Å². The highest BCUT2D eigenvalue weighted by molar-refractivity contribution is 5.37. The standard InChI is InChI=1S/C11H18N2O2/c1-3-5-7-10(6-4-2)11(12-8-14)13-9-15/h10-11H,3-7H2,1-2H3. The lowest BCUT2D eigenvalue weighted by molar-refractivity contribution is 0.362. The zero-order valence-electron chi connectivity index (χ0n) is 9.40. The molecule has 0 aromatic carbocycles. The molecule has 1 atom stereocenters. The normalized spacial score (nSPS) is 13.5. The van der Waals surface area contributed by atoms with Gasteiger partial charge in [-0.3, -0.25) is 0 Å². The van der Waals surface area contributed by atoms with Crippen molar-refractivity contribution < 1.29 is 9.59 Å². The third-order valence-corrected chi connectivity index (χ3v) is 2.38. The second kappa shape index (κ2) is 9.32. The number of rotatable bonds is 8. The van der Waals surface area contributed by atoms with Gasteiger partial charge in [-0.1, -0.05) is 33.1 Å². The quantitative estimate of drug-likeness (QED) is 0.456. The van der Waals surface area contributed by atoms with Gasteiger partial charge in [-0.15, -0.1) is 0 Å². The van der Waals surface area contributed by atoms with Crippen LogP contribution in [0.15, 0.2) is 9.98 Å². The molecule has 0 radical (unpaired) electrons. The lowest BCUT2D eigenvalue weighted by Gasteiger charge is -2.17. The maximum Gasteiger partial charge on any atom is 0.237 e. The predicted octanol–water partition coefficient (Wildman–Crippen LogP) is 2.59. The molecule has 84 valence electrons. The fourth-order valence-electron chi connectivity index (χ4n) is 1.63. The number of aliphatic imine (C=N–C) groups is 2. The Hall–Kier alpha value is -1.24. The smallest absolute Gasteiger partial charge is 0.211 e. The number of unbranched alkanes of at least 4 members (excludes halogenated alkanes) is 1. The van der Waals surface area contributed by atoms with E-state index in [2.05, 4.69) is 23.8 Å². The second-order valence-corrected chi connectivity index (χ2v) is 3.55. The fourth-order valence-corrected chi connectivity index (χ4v) is 1.63. The van der Waals surface area contributed by atoms with E-state index in [-0.39, 0.29) is 5.92 Å². The average molecular weight is 210 g/mol. The molecule has 0 aromatic rings. The number of carbonyl (C=O) groups excluding carboxylic acids is 2. The summed E-state index contributed by atoms with van der Waals surface area (Å²) in [7, 11) is 0. The Kier molecular flexibility index (Phi) is 8.55. The molecule has 0 saturated carbocycles. The summed E-state index contributed by atoms with van der Waals surface area (Å²) in [6, 6.07) is 0. The monoisotopic (exact) mass is 210 g/mol. The zero-order valence-corrected chi connectivity index (χ0v) is 9.40. The molecule has 0 aliphatic rings. The van der Waals surface area contributed by atoms with Crippen molar-refractivity contribution in [3.63, 3.8) is 0 Å². The molecule has 15 heavy (non-hydrogen) atoms. The topological polar surface area (TPSA) is 58.9 Å². The van der Waals surface area contributed by atoms with Crippen LogP contribution in [0.4, 0.5) is 0 Å². The van der Waals surface area contributed by atoms with Crippen molar-refractivity contribution >= 4 is 12.2 Å². The van der Waals surface area contributed by atoms with Crippen molar-refractivity contribution in [3.8, 4) is 0 Å². The molecular weight excluding hydrogens is 192 g/mol. The molecule has 0 heterocycles. The average Bonchev–Trinajstić information content (AvgIpc) is 2.24. The Balaban J connectivity index is 4.49. The third kappa shape index (κ3) is 5.95. The van der Waals surface area contributed by atoms with E-state index in [1.165, 1.54) is 12.2 Å². The molecule has 0 saturated heterocycles. The van der Waals surface area contributed by atoms with E-state index in [1.807, 2.05) is 0 Å². The van der Waals surface area contributed by atoms with Gasteiger partial charge in [0, 0.05) is 5.92 Å². The minimum Gasteiger partial charge on any atom is -0.211 e. The maximum absolute atomic E-state index is 10.2. The van der Waals surface area contributed by atoms with Gasteiger partial charge in [0.05, 0.1) is 0 Å². The fraction of sp³-hybridized carbons (Fsp3) is 0.818. The molecule has 4 nitrogen and oxygen atoms in total. The summed E-state index contributed by atoms with van der Waals surface area (Å²) in [5.74, 6) is 0.165. The summed E-state index contributed by atoms with van der Waals surface area (Å²) in [6.45, 7) is 4.16. The van der Waals surface area contributed by atoms with E-state index in [1.54, 1.807) is 0 Å². The van der Waals surface area contributed by atoms with Gasteiger partial charge in [0.1, 0.15) is 0 Å². The molecule has 0 rings (SSSR count). The predicted molar refractivity (Wildman–Crippen MR) is 58.0 cm³/mol. The van der Waals surface area contributed by atoms with Gasteiger partial charge < -0.3 is 0 Å². The lowest BCUT2D eigenvalue weighted by Crippen LogP contribution is -2.16. The van der Waals surface area contributed by atoms with Crippen LogP contribution in [0.25, 0.3) is 0 Å². The van der Waals surface area contributed by atoms with E-state index in [9.17, 15) is 9.59 Å². The highest BCUT2D eigenvalue weighted by atomic mass is 16.1. The molecule has 0 amide bonds. The van der Waals surface area contributed by atoms with Crippen LogP contribution in [-0.4, -0.2) is 18.3 Å². The van der Waals surface area contributed by atoms with Gasteiger partial charge in [-0.25, -0.2) is 9.59 Å². The Morgan fingerprint density at radius 1 is 1.00 bits per heavy atom. The van der Waals surface area contributed by atoms with Gasteiger partial charge in [0.25, 0.3) is 0 Å². The number of hydrogen-bond donors (Lipinski definition) is 0. The molecule has 0 N–H and O–H groups in total. The molecule has 0 aliphatic heterocycles. The first kappa shape index (κ1) is 13.8. The zero-order chi connectivity index (χ0) is 11.5. The van der Waals surface area contributed by atoms with Crippen LogP contribution in [0.3, 0.4) is 0 Å². The minimum absolute atomic E-state index is 0.165. The van der Waals surface area contributed by atoms with Crippen LogP contribution >= 0.6 is 0 Å². The number of isocyanates is 2. The van der Waals surface area contributed by atoms with E-state index >= 15 is 0 Å². The highest BCUT2D eigenvalue weighted by Crippen LogP contribution is 2.21. The van der Waals surface area contributed by atoms with Crippen molar-refractivity contribution in [2.75, 3.05) is 0 Å². The Morgan fingerprint density at radius 3 is 2.00 bits per heavy atom. The van der Waals surface area contributed by atoms with Crippen molar-refractivity contribution in [1.82, 2.24) is 0 Å². The maximum atomic E-state index is 10.2. The first-order chi connectivity index (χ1) is 7.29. The first-order valence-electron chi connectivity index (χ1n) is 5.44. The molecule has 0 aliphatic carbocycles. The Labute approximate surface area is 90.5 Å². The molecule has 0 aromatic heterocycles. The van der Waals surface area contributed by atoms with E-state index < -0.39 is 6.17 Å². The molecule has 4 heteroatoms. The summed E-state index contributed by atoms with van der Waals surface area (Å²) < 4.78 is 0. The van der Waals surface area contributed by atoms with Crippen LogP contribution in [0.2, 0.25) is 0 Å². The molecule has 0 bridgehead atoms. The molecule has 0 spiro atoms. The summed E-state index contributed by atoms with van der Waals surface area (Å²) in [5.41, 5.74) is 0. The third-order valence-electron chi connectivity index (χ3n) is 2.38. The Morgan fingerprint density at radius 2 is 1.60 bits per heavy atom. The van der Waals surface area contributed by atoms with Crippen molar-refractivity contribution in [2.24, 2.45) is 15.9 Å². The van der Waals surface area contributed by atoms with Crippen LogP contribution in [0, 0.1) is 5.92 Å². The number of nitrogens with zero attached hydrogens (tertiary/aromatic N) is 2. The van der Waals surface area contributed by atoms with Crippen LogP contribution < -0.4 is 0 Å². The number of hydrogen-bond acceptors (Lipinski definition) is 4. The molecule has 0 fully saturated rings. The summed E-state index contributed by atoms with van der Waals surface area (Å²) in [6.07, 6.45) is 7.36. The SMILES string of the molecule is CCCCC(CCC)C(N=C=O)N=C=O. The van der Waals surface area contributed by atoms with Crippen molar-refractivity contribution in [1.29, 1.82) is 0 Å². The van der Waals surface area contributed by atoms with Gasteiger partial charge >= 0.3 is 0 Å². The van der Waals surface area contributed by atoms with Gasteiger partial charge in [0.2, 0.25) is 12.2 Å². The summed E-state index contributed by atoms with van der Waals surface area (Å²) in [4.78, 5) is 27.5. The van der Waals surface area contributed by atoms with Crippen LogP contribution in [0.5, 0.6) is 0 Å². The largest absolute Gasteiger partial charge is 0.237 e. The van der Waals surface area contributed by atoms with E-state index in [0.717, 1.165) is 32.1 Å². The summed E-state index contributed by atoms with van der Waals surface area (Å²) in [5, 5.41) is 0. The highest BCUT2D eigenvalue weighted by Gasteiger charge is 2.18. The van der Waals surface area contributed by atoms with Crippen molar-refractivity contribution in [3.05, 3.63) is 0 Å². The Bertz CT molecular complexity index is 235. The van der Waals surface area contributed by atoms with Crippen molar-refractivity contribution in [2.45, 2.75) is 52.1 Å². The van der Waals surface area contributed by atoms with Gasteiger partial charge in [0.15, 0.2) is 6.17 Å². The summed E-state index contributed by atoms with van der Waals surface area (Å²) >= 11 is 0. The van der Waals surface area contributed by atoms with Gasteiger partial charge in [-0.05, 0) is 12.8 Å². The lowest BCUT2D eigenvalue weighted by atomic mass is 9.94.